The number of carbonyl (C=O) groups excluding carboxylic acids is 1. The number of hydrogen-bond acceptors (Lipinski definition) is 2. The van der Waals surface area contributed by atoms with Crippen molar-refractivity contribution in [2.45, 2.75) is 38.4 Å². The highest BCUT2D eigenvalue weighted by molar-refractivity contribution is 5.83. The molecule has 2 fully saturated rings. The topological polar surface area (TPSA) is 23.6 Å². The van der Waals surface area contributed by atoms with Crippen molar-refractivity contribution in [3.63, 3.8) is 0 Å². The first-order valence-corrected chi connectivity index (χ1v) is 10.0. The summed E-state index contributed by atoms with van der Waals surface area (Å²) in [6.45, 7) is 5.62. The van der Waals surface area contributed by atoms with Crippen LogP contribution in [-0.2, 0) is 11.0 Å². The molecule has 4 rings (SSSR count). The van der Waals surface area contributed by atoms with Gasteiger partial charge in [0.15, 0.2) is 0 Å². The van der Waals surface area contributed by atoms with Gasteiger partial charge in [-0.15, -0.1) is 0 Å². The van der Waals surface area contributed by atoms with Gasteiger partial charge in [-0.25, -0.2) is 0 Å². The molecule has 2 aromatic carbocycles. The average molecular weight is 402 g/mol. The molecule has 3 nitrogen and oxygen atoms in total. The molecule has 1 saturated heterocycles. The molecule has 0 aromatic heterocycles. The van der Waals surface area contributed by atoms with Crippen LogP contribution in [0.15, 0.2) is 48.5 Å². The minimum Gasteiger partial charge on any atom is -0.365 e. The Morgan fingerprint density at radius 2 is 1.79 bits per heavy atom. The number of aryl methyl sites for hydroxylation is 1. The van der Waals surface area contributed by atoms with E-state index < -0.39 is 11.7 Å². The largest absolute Gasteiger partial charge is 0.416 e. The highest BCUT2D eigenvalue weighted by atomic mass is 19.4. The Kier molecular flexibility index (Phi) is 5.05. The molecule has 0 radical (unpaired) electrons. The lowest BCUT2D eigenvalue weighted by molar-refractivity contribution is -0.137. The zero-order valence-electron chi connectivity index (χ0n) is 16.6. The summed E-state index contributed by atoms with van der Waals surface area (Å²) in [7, 11) is 0. The van der Waals surface area contributed by atoms with Gasteiger partial charge in [0.25, 0.3) is 0 Å². The number of halogens is 3. The van der Waals surface area contributed by atoms with Crippen LogP contribution < -0.4 is 4.90 Å². The molecule has 2 aromatic rings. The Labute approximate surface area is 169 Å². The summed E-state index contributed by atoms with van der Waals surface area (Å²) in [4.78, 5) is 16.8. The Balaban J connectivity index is 1.39. The second kappa shape index (κ2) is 7.39. The van der Waals surface area contributed by atoms with Gasteiger partial charge < -0.3 is 9.80 Å². The molecule has 1 aliphatic carbocycles. The van der Waals surface area contributed by atoms with E-state index in [0.717, 1.165) is 12.5 Å². The van der Waals surface area contributed by atoms with Gasteiger partial charge >= 0.3 is 6.18 Å². The monoisotopic (exact) mass is 402 g/mol. The first kappa shape index (κ1) is 19.8. The molecule has 1 heterocycles. The van der Waals surface area contributed by atoms with Gasteiger partial charge in [-0.2, -0.15) is 13.2 Å². The van der Waals surface area contributed by atoms with Gasteiger partial charge in [0, 0.05) is 37.3 Å². The minimum atomic E-state index is -4.35. The highest BCUT2D eigenvalue weighted by Crippen LogP contribution is 2.48. The molecule has 1 amide bonds. The fraction of sp³-hybridized carbons (Fsp3) is 0.435. The number of hydrogen-bond donors (Lipinski definition) is 0. The molecule has 1 aliphatic heterocycles. The Morgan fingerprint density at radius 3 is 2.45 bits per heavy atom. The summed E-state index contributed by atoms with van der Waals surface area (Å²) >= 11 is 0. The number of amides is 1. The second-order valence-electron chi connectivity index (χ2n) is 8.23. The van der Waals surface area contributed by atoms with Crippen LogP contribution in [-0.4, -0.2) is 36.5 Å². The van der Waals surface area contributed by atoms with E-state index in [9.17, 15) is 18.0 Å². The first-order chi connectivity index (χ1) is 13.7. The van der Waals surface area contributed by atoms with Crippen LogP contribution in [0.5, 0.6) is 0 Å². The number of rotatable bonds is 3. The van der Waals surface area contributed by atoms with Crippen LogP contribution in [0, 0.1) is 12.8 Å². The summed E-state index contributed by atoms with van der Waals surface area (Å²) in [6.07, 6.45) is -3.47. The lowest BCUT2D eigenvalue weighted by Gasteiger charge is -2.41. The van der Waals surface area contributed by atoms with Crippen LogP contribution in [0.1, 0.15) is 36.0 Å². The van der Waals surface area contributed by atoms with Crippen molar-refractivity contribution in [2.75, 3.05) is 24.5 Å². The third-order valence-electron chi connectivity index (χ3n) is 6.06. The summed E-state index contributed by atoms with van der Waals surface area (Å²) < 4.78 is 39.1. The third-order valence-corrected chi connectivity index (χ3v) is 6.06. The summed E-state index contributed by atoms with van der Waals surface area (Å²) in [6, 6.07) is 13.7. The van der Waals surface area contributed by atoms with E-state index in [1.807, 2.05) is 23.6 Å². The first-order valence-electron chi connectivity index (χ1n) is 10.0. The lowest BCUT2D eigenvalue weighted by Crippen LogP contribution is -2.54. The zero-order chi connectivity index (χ0) is 20.8. The molecule has 29 heavy (non-hydrogen) atoms. The molecule has 0 spiro atoms. The van der Waals surface area contributed by atoms with Crippen molar-refractivity contribution in [1.29, 1.82) is 0 Å². The van der Waals surface area contributed by atoms with E-state index >= 15 is 0 Å². The molecule has 0 bridgehead atoms. The van der Waals surface area contributed by atoms with Gasteiger partial charge in [-0.3, -0.25) is 4.79 Å². The zero-order valence-corrected chi connectivity index (χ0v) is 16.6. The summed E-state index contributed by atoms with van der Waals surface area (Å²) in [5.74, 6) is 0.496. The maximum absolute atomic E-state index is 13.0. The van der Waals surface area contributed by atoms with Crippen LogP contribution in [0.25, 0.3) is 0 Å². The van der Waals surface area contributed by atoms with Crippen LogP contribution in [0.2, 0.25) is 0 Å². The fourth-order valence-corrected chi connectivity index (χ4v) is 4.29. The maximum atomic E-state index is 13.0. The van der Waals surface area contributed by atoms with Crippen molar-refractivity contribution in [3.8, 4) is 0 Å². The number of carbonyl (C=O) groups is 1. The van der Waals surface area contributed by atoms with E-state index in [2.05, 4.69) is 24.3 Å². The van der Waals surface area contributed by atoms with Crippen molar-refractivity contribution >= 4 is 11.6 Å². The normalized spacial score (nSPS) is 24.5. The van der Waals surface area contributed by atoms with Gasteiger partial charge in [-0.05, 0) is 49.9 Å². The third kappa shape index (κ3) is 4.11. The van der Waals surface area contributed by atoms with Gasteiger partial charge in [0.2, 0.25) is 5.91 Å². The number of piperazine rings is 1. The molecule has 3 atom stereocenters. The highest BCUT2D eigenvalue weighted by Gasteiger charge is 2.46. The predicted octanol–water partition coefficient (Wildman–Crippen LogP) is 4.85. The quantitative estimate of drug-likeness (QED) is 0.732. The van der Waals surface area contributed by atoms with E-state index in [1.165, 1.54) is 23.3 Å². The van der Waals surface area contributed by atoms with Gasteiger partial charge in [0.1, 0.15) is 0 Å². The van der Waals surface area contributed by atoms with Crippen LogP contribution >= 0.6 is 0 Å². The van der Waals surface area contributed by atoms with Gasteiger partial charge in [-0.1, -0.05) is 35.9 Å². The molecule has 6 heteroatoms. The Bertz CT molecular complexity index is 894. The van der Waals surface area contributed by atoms with Crippen molar-refractivity contribution < 1.29 is 18.0 Å². The van der Waals surface area contributed by atoms with E-state index in [4.69, 9.17) is 0 Å². The van der Waals surface area contributed by atoms with E-state index in [-0.39, 0.29) is 17.9 Å². The lowest BCUT2D eigenvalue weighted by atomic mass is 10.1. The standard InChI is InChI=1S/C23H25F3N2O/c1-15-6-8-17(9-7-15)20-13-21(20)22(29)27-10-11-28(16(2)14-27)19-5-3-4-18(12-19)23(24,25)26/h3-9,12,16,20-21H,10-11,13-14H2,1-2H3. The average Bonchev–Trinajstić information content (AvgIpc) is 3.48. The number of nitrogens with zero attached hydrogens (tertiary/aromatic N) is 2. The van der Waals surface area contributed by atoms with E-state index in [0.29, 0.717) is 31.2 Å². The summed E-state index contributed by atoms with van der Waals surface area (Å²) in [5, 5.41) is 0. The molecule has 154 valence electrons. The van der Waals surface area contributed by atoms with Gasteiger partial charge in [0.05, 0.1) is 5.56 Å². The fourth-order valence-electron chi connectivity index (χ4n) is 4.29. The number of benzene rings is 2. The minimum absolute atomic E-state index is 0.0324. The molecule has 1 saturated carbocycles. The molecule has 2 aliphatic rings. The van der Waals surface area contributed by atoms with Crippen molar-refractivity contribution in [2.24, 2.45) is 5.92 Å². The maximum Gasteiger partial charge on any atom is 0.416 e. The summed E-state index contributed by atoms with van der Waals surface area (Å²) in [5.41, 5.74) is 2.34. The Morgan fingerprint density at radius 1 is 1.07 bits per heavy atom. The molecular formula is C23H25F3N2O. The molecule has 3 unspecified atom stereocenters. The molecule has 0 N–H and O–H groups in total. The van der Waals surface area contributed by atoms with Crippen LogP contribution in [0.3, 0.4) is 0 Å². The Hall–Kier alpha value is -2.50. The predicted molar refractivity (Wildman–Crippen MR) is 107 cm³/mol. The second-order valence-corrected chi connectivity index (χ2v) is 8.23. The number of anilines is 1. The van der Waals surface area contributed by atoms with E-state index in [1.54, 1.807) is 6.07 Å². The smallest absolute Gasteiger partial charge is 0.365 e. The van der Waals surface area contributed by atoms with Crippen molar-refractivity contribution in [1.82, 2.24) is 4.90 Å². The van der Waals surface area contributed by atoms with Crippen LogP contribution in [0.4, 0.5) is 18.9 Å². The van der Waals surface area contributed by atoms with Crippen molar-refractivity contribution in [3.05, 3.63) is 65.2 Å². The molecular weight excluding hydrogens is 377 g/mol. The SMILES string of the molecule is Cc1ccc(C2CC2C(=O)N2CCN(c3cccc(C(F)(F)F)c3)C(C)C2)cc1. The number of alkyl halides is 3.